The van der Waals surface area contributed by atoms with E-state index in [2.05, 4.69) is 32.2 Å². The second kappa shape index (κ2) is 18.8. The maximum absolute atomic E-state index is 13.5. The van der Waals surface area contributed by atoms with E-state index in [0.29, 0.717) is 12.8 Å². The molecule has 6 rings (SSSR count). The quantitative estimate of drug-likeness (QED) is 0.0796. The van der Waals surface area contributed by atoms with Crippen molar-refractivity contribution in [2.45, 2.75) is 166 Å². The molecule has 2 heterocycles. The van der Waals surface area contributed by atoms with Gasteiger partial charge in [0.2, 0.25) is 5.91 Å². The van der Waals surface area contributed by atoms with Crippen molar-refractivity contribution < 1.29 is 73.4 Å². The monoisotopic (exact) mass is 876 g/mol. The molecule has 1 aromatic rings. The number of hydrogen-bond acceptors (Lipinski definition) is 15. The van der Waals surface area contributed by atoms with Crippen LogP contribution < -0.4 is 11.1 Å². The van der Waals surface area contributed by atoms with E-state index in [-0.39, 0.29) is 28.7 Å². The number of esters is 1. The number of nitrogens with one attached hydrogen (secondary N) is 1. The fraction of sp³-hybridized carbons (Fsp3) is 0.756. The fourth-order valence-electron chi connectivity index (χ4n) is 12.1. The van der Waals surface area contributed by atoms with Crippen LogP contribution in [0.25, 0.3) is 0 Å². The Labute approximate surface area is 363 Å². The Morgan fingerprint density at radius 1 is 0.935 bits per heavy atom. The van der Waals surface area contributed by atoms with E-state index < -0.39 is 121 Å². The first-order valence-corrected chi connectivity index (χ1v) is 21.8. The number of carboxylic acid groups (broad SMARTS) is 1. The first-order valence-electron chi connectivity index (χ1n) is 21.8. The predicted molar refractivity (Wildman–Crippen MR) is 221 cm³/mol. The van der Waals surface area contributed by atoms with E-state index in [1.165, 1.54) is 14.0 Å². The van der Waals surface area contributed by atoms with E-state index in [4.69, 9.17) is 34.2 Å². The molecule has 9 N–H and O–H groups in total. The van der Waals surface area contributed by atoms with E-state index in [9.17, 15) is 45.0 Å². The predicted octanol–water partition coefficient (Wildman–Crippen LogP) is 1.64. The third kappa shape index (κ3) is 8.97. The highest BCUT2D eigenvalue weighted by Gasteiger charge is 2.65. The van der Waals surface area contributed by atoms with Crippen molar-refractivity contribution in [2.75, 3.05) is 13.7 Å². The van der Waals surface area contributed by atoms with Crippen molar-refractivity contribution in [3.63, 3.8) is 0 Å². The summed E-state index contributed by atoms with van der Waals surface area (Å²) in [4.78, 5) is 37.7. The molecule has 4 fully saturated rings. The lowest BCUT2D eigenvalue weighted by molar-refractivity contribution is -0.358. The van der Waals surface area contributed by atoms with Gasteiger partial charge in [-0.25, -0.2) is 4.79 Å². The van der Waals surface area contributed by atoms with Crippen LogP contribution in [0.4, 0.5) is 0 Å². The van der Waals surface area contributed by atoms with E-state index in [1.54, 1.807) is 37.3 Å². The molecular formula is C45H68N2O15. The second-order valence-electron chi connectivity index (χ2n) is 19.4. The Balaban J connectivity index is 1.31. The Morgan fingerprint density at radius 3 is 2.23 bits per heavy atom. The van der Waals surface area contributed by atoms with Gasteiger partial charge in [0.1, 0.15) is 42.6 Å². The van der Waals surface area contributed by atoms with E-state index >= 15 is 0 Å². The number of aliphatic hydroxyl groups excluding tert-OH is 5. The normalized spacial score (nSPS) is 42.6. The molecule has 3 aliphatic carbocycles. The highest BCUT2D eigenvalue weighted by Crippen LogP contribution is 2.69. The minimum atomic E-state index is -1.72. The molecule has 0 unspecified atom stereocenters. The smallest absolute Gasteiger partial charge is 0.338 e. The minimum absolute atomic E-state index is 0.0325. The minimum Gasteiger partial charge on any atom is -0.480 e. The number of amides is 1. The van der Waals surface area contributed by atoms with Crippen LogP contribution in [0.15, 0.2) is 42.0 Å². The summed E-state index contributed by atoms with van der Waals surface area (Å²) in [6, 6.07) is 5.58. The van der Waals surface area contributed by atoms with Gasteiger partial charge in [-0.05, 0) is 92.1 Å². The molecule has 17 heteroatoms. The van der Waals surface area contributed by atoms with Crippen LogP contribution >= 0.6 is 0 Å². The second-order valence-corrected chi connectivity index (χ2v) is 19.4. The molecule has 2 saturated heterocycles. The first kappa shape index (κ1) is 48.4. The standard InChI is InChI=1S/C45H68N2O15/c1-21-14-15-30-44(6,25(21)18-26(57-8)31(46)39(54)55)17-16-29-43(4,5)38(53)27(19-45(29,30)7)59-42-35(52)37(36(22(2)58-42)61-40(56)24-12-10-9-11-13-24)62-41-32(47-23(3)49)34(51)33(50)28(20-48)60-41/h9-14,22,25-38,41-42,48,50-53H,15-20,46H2,1-8H3,(H,47,49)(H,54,55)/t22-,25-,26-,27-,28+,29+,30-,31-,32+,33+,34+,35+,36-,37-,38+,41-,42-,44-,45+/m0/s1. The average Bonchev–Trinajstić information content (AvgIpc) is 3.21. The van der Waals surface area contributed by atoms with Crippen LogP contribution in [0.2, 0.25) is 0 Å². The maximum atomic E-state index is 13.5. The molecule has 19 atom stereocenters. The molecule has 0 bridgehead atoms. The molecule has 0 radical (unpaired) electrons. The van der Waals surface area contributed by atoms with Gasteiger partial charge in [-0.15, -0.1) is 0 Å². The van der Waals surface area contributed by atoms with Crippen LogP contribution in [0.3, 0.4) is 0 Å². The molecule has 2 aliphatic heterocycles. The number of ether oxygens (including phenoxy) is 6. The number of aliphatic carboxylic acids is 1. The summed E-state index contributed by atoms with van der Waals surface area (Å²) < 4.78 is 36.9. The zero-order valence-corrected chi connectivity index (χ0v) is 37.0. The molecule has 17 nitrogen and oxygen atoms in total. The van der Waals surface area contributed by atoms with Crippen molar-refractivity contribution in [2.24, 2.45) is 39.7 Å². The number of benzene rings is 1. The van der Waals surface area contributed by atoms with Gasteiger partial charge in [0.05, 0.1) is 36.6 Å². The number of allylic oxidation sites excluding steroid dienone is 2. The number of methoxy groups -OCH3 is 1. The molecule has 2 saturated carbocycles. The number of carboxylic acids is 1. The van der Waals surface area contributed by atoms with Gasteiger partial charge in [-0.3, -0.25) is 9.59 Å². The molecule has 1 aromatic carbocycles. The van der Waals surface area contributed by atoms with Crippen LogP contribution in [0, 0.1) is 34.0 Å². The summed E-state index contributed by atoms with van der Waals surface area (Å²) in [6.07, 6.45) is -10.4. The third-order valence-corrected chi connectivity index (χ3v) is 15.3. The van der Waals surface area contributed by atoms with Crippen molar-refractivity contribution in [1.82, 2.24) is 5.32 Å². The highest BCUT2D eigenvalue weighted by molar-refractivity contribution is 5.89. The van der Waals surface area contributed by atoms with Gasteiger partial charge in [0, 0.05) is 14.0 Å². The number of carbonyl (C=O) groups excluding carboxylic acids is 2. The van der Waals surface area contributed by atoms with Crippen molar-refractivity contribution in [3.8, 4) is 0 Å². The molecule has 348 valence electrons. The molecule has 62 heavy (non-hydrogen) atoms. The SMILES string of the molecule is CO[C@@H](C[C@H]1C(C)=CC[C@@H]2[C@]3(C)C[C@H](O[C@@H]4O[C@@H](C)[C@H](OC(=O)c5ccccc5)[C@@H](O[C@@H]5O[C@H](CO)[C@@H](O)[C@H](O)[C@H]5NC(C)=O)[C@H]4O)[C@@H](O)C(C)(C)[C@H]3CC[C@]21C)[C@H](N)C(=O)O. The Morgan fingerprint density at radius 2 is 1.61 bits per heavy atom. The molecule has 0 spiro atoms. The average molecular weight is 877 g/mol. The van der Waals surface area contributed by atoms with Crippen molar-refractivity contribution >= 4 is 17.8 Å². The highest BCUT2D eigenvalue weighted by atomic mass is 16.7. The fourth-order valence-corrected chi connectivity index (χ4v) is 12.1. The summed E-state index contributed by atoms with van der Waals surface area (Å²) in [5.74, 6) is -2.38. The number of rotatable bonds is 13. The number of fused-ring (bicyclic) bond motifs is 3. The lowest BCUT2D eigenvalue weighted by atomic mass is 9.39. The Hall–Kier alpha value is -3.07. The molecule has 1 amide bonds. The van der Waals surface area contributed by atoms with Crippen LogP contribution in [0.1, 0.15) is 90.9 Å². The van der Waals surface area contributed by atoms with Gasteiger partial charge < -0.3 is 70.1 Å². The maximum Gasteiger partial charge on any atom is 0.338 e. The van der Waals surface area contributed by atoms with Crippen molar-refractivity contribution in [3.05, 3.63) is 47.5 Å². The summed E-state index contributed by atoms with van der Waals surface area (Å²) in [5, 5.41) is 68.5. The van der Waals surface area contributed by atoms with Crippen LogP contribution in [-0.4, -0.2) is 148 Å². The zero-order chi connectivity index (χ0) is 45.6. The Bertz CT molecular complexity index is 1780. The lowest BCUT2D eigenvalue weighted by Gasteiger charge is -2.67. The van der Waals surface area contributed by atoms with Crippen LogP contribution in [0.5, 0.6) is 0 Å². The topological polar surface area (TPSA) is 266 Å². The zero-order valence-electron chi connectivity index (χ0n) is 37.0. The van der Waals surface area contributed by atoms with Gasteiger partial charge in [-0.1, -0.05) is 57.5 Å². The molecular weight excluding hydrogens is 808 g/mol. The number of hydrogen-bond donors (Lipinski definition) is 8. The molecule has 5 aliphatic rings. The van der Waals surface area contributed by atoms with Crippen LogP contribution in [-0.2, 0) is 38.0 Å². The summed E-state index contributed by atoms with van der Waals surface area (Å²) in [5.41, 5.74) is 6.08. The number of aliphatic hydroxyl groups is 5. The summed E-state index contributed by atoms with van der Waals surface area (Å²) >= 11 is 0. The van der Waals surface area contributed by atoms with Crippen molar-refractivity contribution in [1.29, 1.82) is 0 Å². The summed E-state index contributed by atoms with van der Waals surface area (Å²) in [7, 11) is 1.48. The summed E-state index contributed by atoms with van der Waals surface area (Å²) in [6.45, 7) is 12.7. The van der Waals surface area contributed by atoms with E-state index in [0.717, 1.165) is 24.8 Å². The van der Waals surface area contributed by atoms with E-state index in [1.807, 2.05) is 13.8 Å². The molecule has 0 aromatic heterocycles. The Kier molecular flexibility index (Phi) is 14.7. The van der Waals surface area contributed by atoms with Gasteiger partial charge in [0.25, 0.3) is 0 Å². The largest absolute Gasteiger partial charge is 0.480 e. The first-order chi connectivity index (χ1) is 29.1. The van der Waals surface area contributed by atoms with Gasteiger partial charge >= 0.3 is 11.9 Å². The lowest BCUT2D eigenvalue weighted by Crippen LogP contribution is -2.68. The van der Waals surface area contributed by atoms with Gasteiger partial charge in [0.15, 0.2) is 18.7 Å². The third-order valence-electron chi connectivity index (χ3n) is 15.3. The number of nitrogens with two attached hydrogens (primary N) is 1. The van der Waals surface area contributed by atoms with Gasteiger partial charge in [-0.2, -0.15) is 0 Å². The number of carbonyl (C=O) groups is 3.